The molecule has 5 nitrogen and oxygen atoms in total. The van der Waals surface area contributed by atoms with Gasteiger partial charge in [0.25, 0.3) is 0 Å². The van der Waals surface area contributed by atoms with Crippen molar-refractivity contribution in [1.82, 2.24) is 14.7 Å². The number of carbonyl (C=O) groups is 2. The van der Waals surface area contributed by atoms with E-state index in [1.165, 1.54) is 0 Å². The average molecular weight is 408 g/mol. The highest BCUT2D eigenvalue weighted by Gasteiger charge is 2.40. The number of piperidine rings is 1. The van der Waals surface area contributed by atoms with Crippen LogP contribution in [0, 0.1) is 13.8 Å². The highest BCUT2D eigenvalue weighted by Crippen LogP contribution is 2.36. The van der Waals surface area contributed by atoms with Crippen LogP contribution >= 0.6 is 0 Å². The summed E-state index contributed by atoms with van der Waals surface area (Å²) in [5, 5.41) is 4.65. The molecular formula is C25H33N3O2. The molecule has 1 aromatic heterocycles. The number of nitrogens with zero attached hydrogens (tertiary/aromatic N) is 3. The SMILES string of the molecule is CC(=O)C1(c2ccccc2)CCN(C(=O)C=Cc2c(C)nn(C(C)(C)C)c2C)CC1. The Morgan fingerprint density at radius 2 is 1.67 bits per heavy atom. The van der Waals surface area contributed by atoms with Crippen molar-refractivity contribution in [3.05, 3.63) is 58.9 Å². The van der Waals surface area contributed by atoms with E-state index in [1.807, 2.05) is 59.8 Å². The Morgan fingerprint density at radius 3 is 2.17 bits per heavy atom. The highest BCUT2D eigenvalue weighted by molar-refractivity contribution is 5.93. The van der Waals surface area contributed by atoms with Crippen LogP contribution in [0.15, 0.2) is 36.4 Å². The third-order valence-corrected chi connectivity index (χ3v) is 6.30. The lowest BCUT2D eigenvalue weighted by Gasteiger charge is -2.40. The summed E-state index contributed by atoms with van der Waals surface area (Å²) in [6.45, 7) is 13.2. The Hall–Kier alpha value is -2.69. The summed E-state index contributed by atoms with van der Waals surface area (Å²) in [7, 11) is 0. The summed E-state index contributed by atoms with van der Waals surface area (Å²) in [5.74, 6) is 0.166. The van der Waals surface area contributed by atoms with Gasteiger partial charge < -0.3 is 4.90 Å². The fraction of sp³-hybridized carbons (Fsp3) is 0.480. The van der Waals surface area contributed by atoms with E-state index in [-0.39, 0.29) is 17.2 Å². The van der Waals surface area contributed by atoms with Gasteiger partial charge >= 0.3 is 0 Å². The van der Waals surface area contributed by atoms with Crippen LogP contribution in [0.5, 0.6) is 0 Å². The minimum absolute atomic E-state index is 0.0116. The molecule has 3 rings (SSSR count). The summed E-state index contributed by atoms with van der Waals surface area (Å²) in [6.07, 6.45) is 4.84. The second-order valence-electron chi connectivity index (χ2n) is 9.33. The van der Waals surface area contributed by atoms with E-state index in [4.69, 9.17) is 0 Å². The standard InChI is InChI=1S/C25H33N3O2/c1-18-22(19(2)28(26-18)24(4,5)6)12-13-23(30)27-16-14-25(15-17-27,20(3)29)21-10-8-7-9-11-21/h7-13H,14-17H2,1-6H3. The van der Waals surface area contributed by atoms with Gasteiger partial charge in [-0.15, -0.1) is 0 Å². The van der Waals surface area contributed by atoms with Crippen molar-refractivity contribution >= 4 is 17.8 Å². The molecule has 2 aromatic rings. The van der Waals surface area contributed by atoms with Crippen molar-refractivity contribution < 1.29 is 9.59 Å². The van der Waals surface area contributed by atoms with Crippen LogP contribution in [0.2, 0.25) is 0 Å². The second kappa shape index (κ2) is 8.21. The number of carbonyl (C=O) groups excluding carboxylic acids is 2. The molecule has 0 aliphatic carbocycles. The molecule has 0 N–H and O–H groups in total. The number of likely N-dealkylation sites (tertiary alicyclic amines) is 1. The van der Waals surface area contributed by atoms with E-state index < -0.39 is 5.41 Å². The van der Waals surface area contributed by atoms with Gasteiger partial charge in [0.15, 0.2) is 0 Å². The van der Waals surface area contributed by atoms with E-state index in [2.05, 4.69) is 25.9 Å². The predicted molar refractivity (Wildman–Crippen MR) is 120 cm³/mol. The fourth-order valence-corrected chi connectivity index (χ4v) is 4.52. The molecule has 1 amide bonds. The first-order valence-corrected chi connectivity index (χ1v) is 10.7. The number of rotatable bonds is 4. The van der Waals surface area contributed by atoms with Gasteiger partial charge in [0, 0.05) is 30.4 Å². The zero-order chi connectivity index (χ0) is 22.1. The fourth-order valence-electron chi connectivity index (χ4n) is 4.52. The van der Waals surface area contributed by atoms with Gasteiger partial charge in [-0.05, 0) is 66.0 Å². The summed E-state index contributed by atoms with van der Waals surface area (Å²) in [6, 6.07) is 9.96. The van der Waals surface area contributed by atoms with Gasteiger partial charge in [-0.2, -0.15) is 5.10 Å². The Morgan fingerprint density at radius 1 is 1.07 bits per heavy atom. The van der Waals surface area contributed by atoms with Crippen LogP contribution in [0.3, 0.4) is 0 Å². The predicted octanol–water partition coefficient (Wildman–Crippen LogP) is 4.42. The Labute approximate surface area is 179 Å². The van der Waals surface area contributed by atoms with Crippen LogP contribution in [0.4, 0.5) is 0 Å². The molecule has 0 bridgehead atoms. The number of ketones is 1. The molecule has 30 heavy (non-hydrogen) atoms. The molecule has 0 unspecified atom stereocenters. The molecule has 1 aromatic carbocycles. The van der Waals surface area contributed by atoms with Gasteiger partial charge in [-0.25, -0.2) is 0 Å². The third-order valence-electron chi connectivity index (χ3n) is 6.30. The maximum atomic E-state index is 12.8. The molecule has 0 saturated carbocycles. The first-order valence-electron chi connectivity index (χ1n) is 10.7. The number of Topliss-reactive ketones (excluding diaryl/α,β-unsaturated/α-hetero) is 1. The van der Waals surface area contributed by atoms with Crippen LogP contribution in [-0.2, 0) is 20.5 Å². The molecule has 1 aliphatic rings. The first kappa shape index (κ1) is 22.0. The number of benzene rings is 1. The lowest BCUT2D eigenvalue weighted by Crippen LogP contribution is -2.48. The molecule has 0 atom stereocenters. The molecule has 0 spiro atoms. The van der Waals surface area contributed by atoms with Crippen molar-refractivity contribution in [2.75, 3.05) is 13.1 Å². The molecule has 5 heteroatoms. The molecule has 160 valence electrons. The maximum absolute atomic E-state index is 12.8. The minimum Gasteiger partial charge on any atom is -0.339 e. The molecule has 1 fully saturated rings. The van der Waals surface area contributed by atoms with Crippen molar-refractivity contribution in [1.29, 1.82) is 0 Å². The van der Waals surface area contributed by atoms with Crippen molar-refractivity contribution in [2.45, 2.75) is 65.3 Å². The van der Waals surface area contributed by atoms with E-state index >= 15 is 0 Å². The smallest absolute Gasteiger partial charge is 0.246 e. The van der Waals surface area contributed by atoms with E-state index in [0.29, 0.717) is 25.9 Å². The van der Waals surface area contributed by atoms with Gasteiger partial charge in [-0.1, -0.05) is 30.3 Å². The number of hydrogen-bond donors (Lipinski definition) is 0. The largest absolute Gasteiger partial charge is 0.339 e. The molecule has 1 saturated heterocycles. The summed E-state index contributed by atoms with van der Waals surface area (Å²) >= 11 is 0. The first-order chi connectivity index (χ1) is 14.1. The maximum Gasteiger partial charge on any atom is 0.246 e. The van der Waals surface area contributed by atoms with Crippen LogP contribution in [0.1, 0.15) is 63.1 Å². The lowest BCUT2D eigenvalue weighted by atomic mass is 9.70. The van der Waals surface area contributed by atoms with Crippen LogP contribution < -0.4 is 0 Å². The molecule has 2 heterocycles. The monoisotopic (exact) mass is 407 g/mol. The quantitative estimate of drug-likeness (QED) is 0.705. The summed E-state index contributed by atoms with van der Waals surface area (Å²) < 4.78 is 2.01. The van der Waals surface area contributed by atoms with E-state index in [1.54, 1.807) is 13.0 Å². The third kappa shape index (κ3) is 4.11. The zero-order valence-electron chi connectivity index (χ0n) is 19.0. The molecular weight excluding hydrogens is 374 g/mol. The minimum atomic E-state index is -0.483. The van der Waals surface area contributed by atoms with Crippen molar-refractivity contribution in [2.24, 2.45) is 0 Å². The topological polar surface area (TPSA) is 55.2 Å². The zero-order valence-corrected chi connectivity index (χ0v) is 19.0. The Kier molecular flexibility index (Phi) is 6.02. The second-order valence-corrected chi connectivity index (χ2v) is 9.33. The van der Waals surface area contributed by atoms with E-state index in [9.17, 15) is 9.59 Å². The van der Waals surface area contributed by atoms with E-state index in [0.717, 1.165) is 22.5 Å². The Bertz CT molecular complexity index is 956. The lowest BCUT2D eigenvalue weighted by molar-refractivity contribution is -0.131. The number of aryl methyl sites for hydroxylation is 1. The summed E-state index contributed by atoms with van der Waals surface area (Å²) in [4.78, 5) is 27.2. The van der Waals surface area contributed by atoms with Crippen molar-refractivity contribution in [3.8, 4) is 0 Å². The number of hydrogen-bond acceptors (Lipinski definition) is 3. The average Bonchev–Trinajstić information content (AvgIpc) is 3.00. The normalized spacial score (nSPS) is 16.8. The van der Waals surface area contributed by atoms with Crippen LogP contribution in [-0.4, -0.2) is 39.5 Å². The molecule has 1 aliphatic heterocycles. The van der Waals surface area contributed by atoms with Gasteiger partial charge in [0.2, 0.25) is 5.91 Å². The van der Waals surface area contributed by atoms with Gasteiger partial charge in [0.05, 0.1) is 16.6 Å². The van der Waals surface area contributed by atoms with Crippen LogP contribution in [0.25, 0.3) is 6.08 Å². The van der Waals surface area contributed by atoms with Gasteiger partial charge in [0.1, 0.15) is 5.78 Å². The summed E-state index contributed by atoms with van der Waals surface area (Å²) in [5.41, 5.74) is 3.44. The number of aromatic nitrogens is 2. The highest BCUT2D eigenvalue weighted by atomic mass is 16.2. The van der Waals surface area contributed by atoms with Crippen molar-refractivity contribution in [3.63, 3.8) is 0 Å². The number of amides is 1. The Balaban J connectivity index is 1.73. The van der Waals surface area contributed by atoms with Gasteiger partial charge in [-0.3, -0.25) is 14.3 Å². The molecule has 0 radical (unpaired) electrons.